The molecule has 0 aliphatic heterocycles. The molecular weight excluding hydrogens is 218 g/mol. The van der Waals surface area contributed by atoms with Gasteiger partial charge in [-0.2, -0.15) is 5.26 Å². The number of unbranched alkanes of at least 4 members (excludes halogenated alkanes) is 2. The minimum absolute atomic E-state index is 0.333. The minimum atomic E-state index is -0.914. The molecule has 0 fully saturated rings. The van der Waals surface area contributed by atoms with Gasteiger partial charge in [0.1, 0.15) is 5.92 Å². The van der Waals surface area contributed by atoms with Gasteiger partial charge in [-0.3, -0.25) is 4.79 Å². The standard InChI is InChI=1S/C12H23NO2Si/c1-4-6-7-8-16(3)10-11(9-13)12(14)15-5-2/h11,16H,4-8,10H2,1-3H3. The molecule has 0 aliphatic rings. The zero-order valence-electron chi connectivity index (χ0n) is 10.7. The average molecular weight is 241 g/mol. The first-order chi connectivity index (χ1) is 7.65. The molecule has 0 bridgehead atoms. The van der Waals surface area contributed by atoms with Crippen LogP contribution in [0.2, 0.25) is 18.6 Å². The predicted octanol–water partition coefficient (Wildman–Crippen LogP) is 2.74. The average Bonchev–Trinajstić information content (AvgIpc) is 2.26. The number of hydrogen-bond donors (Lipinski definition) is 0. The van der Waals surface area contributed by atoms with Gasteiger partial charge >= 0.3 is 5.97 Å². The highest BCUT2D eigenvalue weighted by atomic mass is 28.3. The maximum atomic E-state index is 11.4. The first-order valence-electron chi connectivity index (χ1n) is 6.21. The quantitative estimate of drug-likeness (QED) is 0.373. The van der Waals surface area contributed by atoms with Crippen LogP contribution in [0.15, 0.2) is 0 Å². The van der Waals surface area contributed by atoms with Crippen molar-refractivity contribution in [3.63, 3.8) is 0 Å². The molecule has 0 aliphatic carbocycles. The normalized spacial score (nSPS) is 13.9. The van der Waals surface area contributed by atoms with E-state index in [1.165, 1.54) is 25.3 Å². The SMILES string of the molecule is CCCCC[SiH](C)CC(C#N)C(=O)OCC. The predicted molar refractivity (Wildman–Crippen MR) is 67.9 cm³/mol. The second-order valence-electron chi connectivity index (χ2n) is 4.27. The van der Waals surface area contributed by atoms with E-state index in [0.717, 1.165) is 6.04 Å². The molecule has 2 unspecified atom stereocenters. The maximum Gasteiger partial charge on any atom is 0.323 e. The van der Waals surface area contributed by atoms with Crippen molar-refractivity contribution in [2.24, 2.45) is 5.92 Å². The number of hydrogen-bond acceptors (Lipinski definition) is 3. The van der Waals surface area contributed by atoms with Gasteiger partial charge in [-0.1, -0.05) is 38.8 Å². The van der Waals surface area contributed by atoms with Crippen LogP contribution < -0.4 is 0 Å². The van der Waals surface area contributed by atoms with Crippen LogP contribution in [0, 0.1) is 17.2 Å². The molecule has 92 valence electrons. The van der Waals surface area contributed by atoms with Crippen LogP contribution in [0.25, 0.3) is 0 Å². The van der Waals surface area contributed by atoms with Crippen molar-refractivity contribution in [3.8, 4) is 6.07 Å². The molecule has 0 saturated heterocycles. The van der Waals surface area contributed by atoms with Crippen molar-refractivity contribution >= 4 is 14.8 Å². The maximum absolute atomic E-state index is 11.4. The fraction of sp³-hybridized carbons (Fsp3) is 0.833. The summed E-state index contributed by atoms with van der Waals surface area (Å²) >= 11 is 0. The summed E-state index contributed by atoms with van der Waals surface area (Å²) in [4.78, 5) is 11.4. The molecule has 0 rings (SSSR count). The largest absolute Gasteiger partial charge is 0.465 e. The van der Waals surface area contributed by atoms with Crippen LogP contribution in [0.4, 0.5) is 0 Å². The monoisotopic (exact) mass is 241 g/mol. The highest BCUT2D eigenvalue weighted by Gasteiger charge is 2.22. The van der Waals surface area contributed by atoms with Crippen LogP contribution in [-0.2, 0) is 9.53 Å². The lowest BCUT2D eigenvalue weighted by Gasteiger charge is -2.13. The lowest BCUT2D eigenvalue weighted by molar-refractivity contribution is -0.145. The van der Waals surface area contributed by atoms with Crippen LogP contribution >= 0.6 is 0 Å². The summed E-state index contributed by atoms with van der Waals surface area (Å²) in [7, 11) is -0.914. The molecule has 0 aromatic carbocycles. The Balaban J connectivity index is 3.93. The minimum Gasteiger partial charge on any atom is -0.465 e. The number of rotatable bonds is 8. The van der Waals surface area contributed by atoms with Crippen LogP contribution in [0.5, 0.6) is 0 Å². The van der Waals surface area contributed by atoms with Crippen LogP contribution in [0.1, 0.15) is 33.1 Å². The van der Waals surface area contributed by atoms with E-state index in [2.05, 4.69) is 19.5 Å². The van der Waals surface area contributed by atoms with Crippen molar-refractivity contribution < 1.29 is 9.53 Å². The number of carbonyl (C=O) groups excluding carboxylic acids is 1. The number of esters is 1. The van der Waals surface area contributed by atoms with E-state index in [1.54, 1.807) is 6.92 Å². The van der Waals surface area contributed by atoms with Gasteiger partial charge < -0.3 is 4.74 Å². The molecule has 0 heterocycles. The molecule has 0 aromatic heterocycles. The Bertz CT molecular complexity index is 238. The molecule has 16 heavy (non-hydrogen) atoms. The molecular formula is C12H23NO2Si. The van der Waals surface area contributed by atoms with Gasteiger partial charge in [0.25, 0.3) is 0 Å². The number of nitrogens with zero attached hydrogens (tertiary/aromatic N) is 1. The molecule has 3 nitrogen and oxygen atoms in total. The summed E-state index contributed by atoms with van der Waals surface area (Å²) in [5.41, 5.74) is 0. The Morgan fingerprint density at radius 1 is 1.44 bits per heavy atom. The van der Waals surface area contributed by atoms with Gasteiger partial charge in [-0.25, -0.2) is 0 Å². The van der Waals surface area contributed by atoms with Crippen LogP contribution in [0.3, 0.4) is 0 Å². The van der Waals surface area contributed by atoms with Crippen molar-refractivity contribution in [3.05, 3.63) is 0 Å². The lowest BCUT2D eigenvalue weighted by Crippen LogP contribution is -2.21. The first kappa shape index (κ1) is 15.2. The molecule has 0 spiro atoms. The van der Waals surface area contributed by atoms with Crippen LogP contribution in [-0.4, -0.2) is 21.4 Å². The topological polar surface area (TPSA) is 50.1 Å². The molecule has 0 aromatic rings. The first-order valence-corrected chi connectivity index (χ1v) is 9.00. The third-order valence-electron chi connectivity index (χ3n) is 2.67. The van der Waals surface area contributed by atoms with Crippen molar-refractivity contribution in [2.45, 2.75) is 51.7 Å². The summed E-state index contributed by atoms with van der Waals surface area (Å²) in [6.07, 6.45) is 3.72. The van der Waals surface area contributed by atoms with E-state index in [1.807, 2.05) is 0 Å². The fourth-order valence-electron chi connectivity index (χ4n) is 1.71. The smallest absolute Gasteiger partial charge is 0.323 e. The van der Waals surface area contributed by atoms with Gasteiger partial charge in [-0.15, -0.1) is 0 Å². The van der Waals surface area contributed by atoms with E-state index in [9.17, 15) is 4.79 Å². The van der Waals surface area contributed by atoms with E-state index in [4.69, 9.17) is 10.00 Å². The van der Waals surface area contributed by atoms with Crippen molar-refractivity contribution in [1.82, 2.24) is 0 Å². The second kappa shape index (κ2) is 9.41. The molecule has 0 N–H and O–H groups in total. The highest BCUT2D eigenvalue weighted by molar-refractivity contribution is 6.57. The van der Waals surface area contributed by atoms with Gasteiger partial charge in [0, 0.05) is 8.80 Å². The number of carbonyl (C=O) groups is 1. The van der Waals surface area contributed by atoms with E-state index >= 15 is 0 Å². The zero-order chi connectivity index (χ0) is 12.4. The van der Waals surface area contributed by atoms with E-state index in [0.29, 0.717) is 6.61 Å². The molecule has 0 saturated carbocycles. The third kappa shape index (κ3) is 6.62. The zero-order valence-corrected chi connectivity index (χ0v) is 11.8. The van der Waals surface area contributed by atoms with Gasteiger partial charge in [0.15, 0.2) is 0 Å². The highest BCUT2D eigenvalue weighted by Crippen LogP contribution is 2.14. The Labute approximate surface area is 100 Å². The van der Waals surface area contributed by atoms with E-state index < -0.39 is 14.7 Å². The Morgan fingerprint density at radius 2 is 2.12 bits per heavy atom. The second-order valence-corrected chi connectivity index (χ2v) is 7.53. The molecule has 2 atom stereocenters. The third-order valence-corrected chi connectivity index (χ3v) is 5.34. The number of nitriles is 1. The summed E-state index contributed by atoms with van der Waals surface area (Å²) in [5, 5.41) is 8.91. The molecule has 0 amide bonds. The van der Waals surface area contributed by atoms with Gasteiger partial charge in [-0.05, 0) is 13.0 Å². The van der Waals surface area contributed by atoms with Crippen molar-refractivity contribution in [1.29, 1.82) is 5.26 Å². The Kier molecular flexibility index (Phi) is 8.92. The molecule has 0 radical (unpaired) electrons. The van der Waals surface area contributed by atoms with Gasteiger partial charge in [0.2, 0.25) is 0 Å². The fourth-order valence-corrected chi connectivity index (χ4v) is 4.03. The number of ether oxygens (including phenoxy) is 1. The van der Waals surface area contributed by atoms with E-state index in [-0.39, 0.29) is 5.97 Å². The van der Waals surface area contributed by atoms with Crippen molar-refractivity contribution in [2.75, 3.05) is 6.61 Å². The summed E-state index contributed by atoms with van der Waals surface area (Å²) < 4.78 is 4.88. The Morgan fingerprint density at radius 3 is 2.62 bits per heavy atom. The summed E-state index contributed by atoms with van der Waals surface area (Å²) in [6.45, 7) is 6.55. The van der Waals surface area contributed by atoms with Gasteiger partial charge in [0.05, 0.1) is 12.7 Å². The lowest BCUT2D eigenvalue weighted by atomic mass is 10.2. The summed E-state index contributed by atoms with van der Waals surface area (Å²) in [5.74, 6) is -0.858. The molecule has 4 heteroatoms. The Hall–Kier alpha value is -0.823. The summed E-state index contributed by atoms with van der Waals surface area (Å²) in [6, 6.07) is 4.06.